The highest BCUT2D eigenvalue weighted by molar-refractivity contribution is 5.79. The third-order valence-electron chi connectivity index (χ3n) is 3.02. The van der Waals surface area contributed by atoms with Crippen LogP contribution >= 0.6 is 0 Å². The summed E-state index contributed by atoms with van der Waals surface area (Å²) in [4.78, 5) is 11.7. The number of aryl methyl sites for hydroxylation is 1. The Hall–Kier alpha value is -1.55. The second kappa shape index (κ2) is 7.90. The fourth-order valence-corrected chi connectivity index (χ4v) is 1.76. The van der Waals surface area contributed by atoms with E-state index in [9.17, 15) is 4.79 Å². The Balaban J connectivity index is 2.25. The number of carbonyl (C=O) groups is 1. The predicted octanol–water partition coefficient (Wildman–Crippen LogP) is 2.70. The Kier molecular flexibility index (Phi) is 6.52. The maximum atomic E-state index is 11.7. The van der Waals surface area contributed by atoms with Crippen LogP contribution in [0.3, 0.4) is 0 Å². The standard InChI is InChI=1S/C16H25NO3/c1-5-19-15(18)16(3,4)17-11-8-12-20-14-10-7-6-9-13(14)2/h6-7,9-10,17H,5,8,11-12H2,1-4H3. The molecule has 0 aliphatic heterocycles. The lowest BCUT2D eigenvalue weighted by molar-refractivity contribution is -0.149. The summed E-state index contributed by atoms with van der Waals surface area (Å²) in [7, 11) is 0. The number of benzene rings is 1. The molecule has 0 radical (unpaired) electrons. The molecule has 0 saturated heterocycles. The van der Waals surface area contributed by atoms with Crippen molar-refractivity contribution in [2.45, 2.75) is 39.7 Å². The molecule has 0 unspecified atom stereocenters. The molecule has 0 fully saturated rings. The van der Waals surface area contributed by atoms with Crippen LogP contribution in [0.4, 0.5) is 0 Å². The van der Waals surface area contributed by atoms with Gasteiger partial charge >= 0.3 is 5.97 Å². The summed E-state index contributed by atoms with van der Waals surface area (Å²) in [5, 5.41) is 3.19. The van der Waals surface area contributed by atoms with Crippen LogP contribution in [-0.4, -0.2) is 31.3 Å². The molecule has 0 bridgehead atoms. The van der Waals surface area contributed by atoms with Crippen LogP contribution in [0.5, 0.6) is 5.75 Å². The maximum Gasteiger partial charge on any atom is 0.325 e. The summed E-state index contributed by atoms with van der Waals surface area (Å²) in [6, 6.07) is 7.94. The van der Waals surface area contributed by atoms with Gasteiger partial charge in [0.05, 0.1) is 13.2 Å². The predicted molar refractivity (Wildman–Crippen MR) is 80.0 cm³/mol. The molecule has 112 valence electrons. The van der Waals surface area contributed by atoms with Gasteiger partial charge in [0.1, 0.15) is 11.3 Å². The highest BCUT2D eigenvalue weighted by atomic mass is 16.5. The highest BCUT2D eigenvalue weighted by Gasteiger charge is 2.27. The summed E-state index contributed by atoms with van der Waals surface area (Å²) >= 11 is 0. The van der Waals surface area contributed by atoms with Crippen molar-refractivity contribution in [1.82, 2.24) is 5.32 Å². The molecule has 0 aromatic heterocycles. The second-order valence-electron chi connectivity index (χ2n) is 5.24. The van der Waals surface area contributed by atoms with E-state index in [0.717, 1.165) is 17.7 Å². The second-order valence-corrected chi connectivity index (χ2v) is 5.24. The average Bonchev–Trinajstić information content (AvgIpc) is 2.40. The molecule has 1 aromatic rings. The van der Waals surface area contributed by atoms with Gasteiger partial charge in [-0.2, -0.15) is 0 Å². The van der Waals surface area contributed by atoms with Gasteiger partial charge in [-0.05, 0) is 52.3 Å². The van der Waals surface area contributed by atoms with Crippen LogP contribution < -0.4 is 10.1 Å². The molecule has 1 aromatic carbocycles. The summed E-state index contributed by atoms with van der Waals surface area (Å²) in [5.41, 5.74) is 0.478. The van der Waals surface area contributed by atoms with Crippen LogP contribution in [0.25, 0.3) is 0 Å². The van der Waals surface area contributed by atoms with E-state index in [1.54, 1.807) is 0 Å². The molecule has 0 atom stereocenters. The van der Waals surface area contributed by atoms with E-state index in [2.05, 4.69) is 5.32 Å². The molecule has 0 amide bonds. The minimum atomic E-state index is -0.654. The van der Waals surface area contributed by atoms with Crippen LogP contribution in [0, 0.1) is 6.92 Å². The van der Waals surface area contributed by atoms with Gasteiger partial charge in [-0.1, -0.05) is 18.2 Å². The third kappa shape index (κ3) is 5.21. The van der Waals surface area contributed by atoms with Gasteiger partial charge in [0.15, 0.2) is 0 Å². The first kappa shape index (κ1) is 16.5. The zero-order valence-electron chi connectivity index (χ0n) is 12.9. The number of nitrogens with one attached hydrogen (secondary N) is 1. The zero-order chi connectivity index (χ0) is 15.0. The Bertz CT molecular complexity index is 429. The number of hydrogen-bond donors (Lipinski definition) is 1. The lowest BCUT2D eigenvalue weighted by Crippen LogP contribution is -2.48. The van der Waals surface area contributed by atoms with Gasteiger partial charge in [0.2, 0.25) is 0 Å². The highest BCUT2D eigenvalue weighted by Crippen LogP contribution is 2.16. The summed E-state index contributed by atoms with van der Waals surface area (Å²) in [6.07, 6.45) is 0.831. The van der Waals surface area contributed by atoms with Crippen LogP contribution in [0.2, 0.25) is 0 Å². The van der Waals surface area contributed by atoms with Gasteiger partial charge in [-0.25, -0.2) is 0 Å². The first-order valence-corrected chi connectivity index (χ1v) is 7.08. The normalized spacial score (nSPS) is 11.2. The average molecular weight is 279 g/mol. The van der Waals surface area contributed by atoms with E-state index in [1.807, 2.05) is 52.0 Å². The largest absolute Gasteiger partial charge is 0.493 e. The Labute approximate surface area is 121 Å². The Morgan fingerprint density at radius 2 is 2.00 bits per heavy atom. The lowest BCUT2D eigenvalue weighted by atomic mass is 10.1. The zero-order valence-corrected chi connectivity index (χ0v) is 12.9. The van der Waals surface area contributed by atoms with Crippen molar-refractivity contribution >= 4 is 5.97 Å². The van der Waals surface area contributed by atoms with E-state index in [0.29, 0.717) is 19.8 Å². The first-order chi connectivity index (χ1) is 9.47. The molecule has 1 rings (SSSR count). The van der Waals surface area contributed by atoms with Crippen molar-refractivity contribution in [3.05, 3.63) is 29.8 Å². The molecule has 4 nitrogen and oxygen atoms in total. The van der Waals surface area contributed by atoms with Gasteiger partial charge in [0.25, 0.3) is 0 Å². The molecule has 0 heterocycles. The molecule has 1 N–H and O–H groups in total. The van der Waals surface area contributed by atoms with Gasteiger partial charge in [0, 0.05) is 0 Å². The summed E-state index contributed by atoms with van der Waals surface area (Å²) < 4.78 is 10.7. The summed E-state index contributed by atoms with van der Waals surface area (Å²) in [5.74, 6) is 0.692. The van der Waals surface area contributed by atoms with Gasteiger partial charge < -0.3 is 14.8 Å². The minimum Gasteiger partial charge on any atom is -0.493 e. The molecule has 0 saturated carbocycles. The fraction of sp³-hybridized carbons (Fsp3) is 0.562. The number of esters is 1. The number of rotatable bonds is 8. The van der Waals surface area contributed by atoms with Crippen LogP contribution in [0.15, 0.2) is 24.3 Å². The Morgan fingerprint density at radius 1 is 1.30 bits per heavy atom. The molecular formula is C16H25NO3. The quantitative estimate of drug-likeness (QED) is 0.587. The number of hydrogen-bond acceptors (Lipinski definition) is 4. The molecule has 0 spiro atoms. The van der Waals surface area contributed by atoms with E-state index in [-0.39, 0.29) is 5.97 Å². The molecular weight excluding hydrogens is 254 g/mol. The van der Waals surface area contributed by atoms with Crippen molar-refractivity contribution in [1.29, 1.82) is 0 Å². The van der Waals surface area contributed by atoms with Gasteiger partial charge in [-0.3, -0.25) is 4.79 Å². The fourth-order valence-electron chi connectivity index (χ4n) is 1.76. The van der Waals surface area contributed by atoms with Crippen LogP contribution in [-0.2, 0) is 9.53 Å². The lowest BCUT2D eigenvalue weighted by Gasteiger charge is -2.23. The van der Waals surface area contributed by atoms with Crippen molar-refractivity contribution in [2.24, 2.45) is 0 Å². The van der Waals surface area contributed by atoms with Gasteiger partial charge in [-0.15, -0.1) is 0 Å². The topological polar surface area (TPSA) is 47.6 Å². The smallest absolute Gasteiger partial charge is 0.325 e. The first-order valence-electron chi connectivity index (χ1n) is 7.08. The van der Waals surface area contributed by atoms with E-state index in [4.69, 9.17) is 9.47 Å². The van der Waals surface area contributed by atoms with Crippen molar-refractivity contribution < 1.29 is 14.3 Å². The SMILES string of the molecule is CCOC(=O)C(C)(C)NCCCOc1ccccc1C. The van der Waals surface area contributed by atoms with Crippen molar-refractivity contribution in [3.63, 3.8) is 0 Å². The number of para-hydroxylation sites is 1. The molecule has 0 aliphatic carbocycles. The maximum absolute atomic E-state index is 11.7. The van der Waals surface area contributed by atoms with Crippen molar-refractivity contribution in [3.8, 4) is 5.75 Å². The monoisotopic (exact) mass is 279 g/mol. The summed E-state index contributed by atoms with van der Waals surface area (Å²) in [6.45, 7) is 9.22. The number of carbonyl (C=O) groups excluding carboxylic acids is 1. The molecule has 0 aliphatic rings. The van der Waals surface area contributed by atoms with E-state index >= 15 is 0 Å². The van der Waals surface area contributed by atoms with E-state index < -0.39 is 5.54 Å². The molecule has 20 heavy (non-hydrogen) atoms. The van der Waals surface area contributed by atoms with Crippen LogP contribution in [0.1, 0.15) is 32.8 Å². The number of ether oxygens (including phenoxy) is 2. The molecule has 4 heteroatoms. The Morgan fingerprint density at radius 3 is 2.65 bits per heavy atom. The third-order valence-corrected chi connectivity index (χ3v) is 3.02. The van der Waals surface area contributed by atoms with Crippen molar-refractivity contribution in [2.75, 3.05) is 19.8 Å². The van der Waals surface area contributed by atoms with E-state index in [1.165, 1.54) is 0 Å². The minimum absolute atomic E-state index is 0.222.